The summed E-state index contributed by atoms with van der Waals surface area (Å²) < 4.78 is 47.7. The fraction of sp³-hybridized carbons (Fsp3) is 0.500. The molecule has 2 aromatic heterocycles. The van der Waals surface area contributed by atoms with E-state index >= 15 is 0 Å². The Hall–Kier alpha value is -4.92. The third-order valence-corrected chi connectivity index (χ3v) is 10.4. The van der Waals surface area contributed by atoms with Crippen molar-refractivity contribution in [3.63, 3.8) is 0 Å². The predicted octanol–water partition coefficient (Wildman–Crippen LogP) is 7.70. The molecule has 0 spiro atoms. The van der Waals surface area contributed by atoms with Crippen molar-refractivity contribution in [2.45, 2.75) is 111 Å². The molecular weight excluding hydrogens is 749 g/mol. The number of rotatable bonds is 14. The average molecular weight is 806 g/mol. The number of carbonyl (C=O) groups is 3. The van der Waals surface area contributed by atoms with Gasteiger partial charge in [0.2, 0.25) is 0 Å². The molecule has 1 fully saturated rings. The Morgan fingerprint density at radius 3 is 2.43 bits per heavy atom. The van der Waals surface area contributed by atoms with Crippen molar-refractivity contribution in [2.24, 2.45) is 5.41 Å². The third kappa shape index (κ3) is 10.2. The minimum Gasteiger partial charge on any atom is -0.468 e. The normalized spacial score (nSPS) is 16.0. The number of alkyl carbamates (subject to hydrolysis) is 1. The van der Waals surface area contributed by atoms with E-state index in [1.807, 2.05) is 51.1 Å². The molecule has 3 heterocycles. The molecule has 0 bridgehead atoms. The van der Waals surface area contributed by atoms with Gasteiger partial charge in [-0.15, -0.1) is 0 Å². The highest BCUT2D eigenvalue weighted by molar-refractivity contribution is 5.95. The van der Waals surface area contributed by atoms with Crippen LogP contribution >= 0.6 is 0 Å². The highest BCUT2D eigenvalue weighted by Gasteiger charge is 2.34. The first kappa shape index (κ1) is 44.2. The van der Waals surface area contributed by atoms with E-state index in [0.717, 1.165) is 33.4 Å². The van der Waals surface area contributed by atoms with Crippen LogP contribution in [0.3, 0.4) is 0 Å². The molecule has 1 aliphatic rings. The van der Waals surface area contributed by atoms with Crippen LogP contribution in [0.1, 0.15) is 96.2 Å². The van der Waals surface area contributed by atoms with Crippen LogP contribution < -0.4 is 10.7 Å². The Bertz CT molecular complexity index is 2110. The first-order valence-corrected chi connectivity index (χ1v) is 19.7. The first-order valence-electron chi connectivity index (χ1n) is 19.7. The zero-order valence-electron chi connectivity index (χ0n) is 34.9. The molecule has 0 radical (unpaired) electrons. The van der Waals surface area contributed by atoms with E-state index in [4.69, 9.17) is 19.2 Å². The summed E-state index contributed by atoms with van der Waals surface area (Å²) in [6.45, 7) is 13.9. The summed E-state index contributed by atoms with van der Waals surface area (Å²) in [5.74, 6) is -1.10. The smallest absolute Gasteiger partial charge is 0.408 e. The van der Waals surface area contributed by atoms with Gasteiger partial charge in [0.15, 0.2) is 0 Å². The van der Waals surface area contributed by atoms with Crippen molar-refractivity contribution < 1.29 is 42.5 Å². The molecule has 14 heteroatoms. The molecule has 2 amide bonds. The van der Waals surface area contributed by atoms with Crippen LogP contribution in [0.5, 0.6) is 0 Å². The van der Waals surface area contributed by atoms with Gasteiger partial charge in [0, 0.05) is 61.5 Å². The van der Waals surface area contributed by atoms with E-state index in [1.54, 1.807) is 40.1 Å². The SMILES string of the molecule is CCn1c(-c2cccnc2[C@H](C)OC)c(CC(C)(C)CO)c2cc(-c3cc(C[C@H](NC(=O)OC(C)(C)C)C(=O)N4CCC[C@@H](C(=O)OC)N4)cc(C(F)F)c3)ccc21. The number of hydrazine groups is 1. The number of halogens is 2. The lowest BCUT2D eigenvalue weighted by molar-refractivity contribution is -0.150. The molecule has 5 rings (SSSR count). The van der Waals surface area contributed by atoms with Gasteiger partial charge < -0.3 is 29.2 Å². The van der Waals surface area contributed by atoms with E-state index < -0.39 is 47.5 Å². The summed E-state index contributed by atoms with van der Waals surface area (Å²) >= 11 is 0. The van der Waals surface area contributed by atoms with Crippen molar-refractivity contribution >= 4 is 28.9 Å². The van der Waals surface area contributed by atoms with Gasteiger partial charge in [-0.3, -0.25) is 19.6 Å². The number of carbonyl (C=O) groups excluding carboxylic acids is 3. The topological polar surface area (TPSA) is 144 Å². The van der Waals surface area contributed by atoms with Gasteiger partial charge in [0.1, 0.15) is 17.7 Å². The van der Waals surface area contributed by atoms with E-state index in [0.29, 0.717) is 42.5 Å². The Labute approximate surface area is 339 Å². The zero-order chi connectivity index (χ0) is 42.5. The van der Waals surface area contributed by atoms with Crippen molar-refractivity contribution in [1.82, 2.24) is 25.3 Å². The van der Waals surface area contributed by atoms with Gasteiger partial charge >= 0.3 is 12.1 Å². The van der Waals surface area contributed by atoms with Gasteiger partial charge in [-0.2, -0.15) is 0 Å². The number of esters is 1. The molecule has 1 saturated heterocycles. The van der Waals surface area contributed by atoms with E-state index in [1.165, 1.54) is 24.3 Å². The largest absolute Gasteiger partial charge is 0.468 e. The van der Waals surface area contributed by atoms with Crippen molar-refractivity contribution in [1.29, 1.82) is 0 Å². The van der Waals surface area contributed by atoms with Gasteiger partial charge in [0.25, 0.3) is 12.3 Å². The number of nitrogens with one attached hydrogen (secondary N) is 2. The second-order valence-electron chi connectivity index (χ2n) is 16.6. The highest BCUT2D eigenvalue weighted by atomic mass is 19.3. The summed E-state index contributed by atoms with van der Waals surface area (Å²) in [5.41, 5.74) is 7.34. The standard InChI is InChI=1S/C44H57F2N5O7/c1-10-50-36-16-15-28(23-32(36)33(24-44(6,7)25-52)38(50)31-13-11-17-47-37(31)26(2)56-8)29-19-27(20-30(22-29)39(45)46)21-35(48-42(55)58-43(3,4)5)40(53)51-18-12-14-34(49-51)41(54)57-9/h11,13,15-17,19-20,22-23,26,34-35,39,49,52H,10,12,14,18,21,24-25H2,1-9H3,(H,48,55)/t26-,34-,35-/m0/s1. The number of aliphatic hydroxyl groups is 1. The van der Waals surface area contributed by atoms with Gasteiger partial charge in [0.05, 0.1) is 24.6 Å². The first-order chi connectivity index (χ1) is 27.4. The number of ether oxygens (including phenoxy) is 3. The summed E-state index contributed by atoms with van der Waals surface area (Å²) in [4.78, 5) is 44.2. The zero-order valence-corrected chi connectivity index (χ0v) is 34.9. The molecule has 0 unspecified atom stereocenters. The monoisotopic (exact) mass is 805 g/mol. The van der Waals surface area contributed by atoms with Crippen molar-refractivity contribution in [2.75, 3.05) is 27.4 Å². The third-order valence-electron chi connectivity index (χ3n) is 10.4. The summed E-state index contributed by atoms with van der Waals surface area (Å²) in [6.07, 6.45) is -0.951. The van der Waals surface area contributed by atoms with E-state index in [9.17, 15) is 28.3 Å². The fourth-order valence-corrected chi connectivity index (χ4v) is 7.47. The second-order valence-corrected chi connectivity index (χ2v) is 16.6. The number of aliphatic hydroxyl groups excluding tert-OH is 1. The molecule has 0 saturated carbocycles. The molecule has 12 nitrogen and oxygen atoms in total. The van der Waals surface area contributed by atoms with Crippen LogP contribution in [0.4, 0.5) is 13.6 Å². The van der Waals surface area contributed by atoms with Crippen LogP contribution in [0.2, 0.25) is 0 Å². The molecule has 0 aliphatic carbocycles. The van der Waals surface area contributed by atoms with Crippen molar-refractivity contribution in [3.05, 3.63) is 77.1 Å². The maximum absolute atomic E-state index is 14.7. The molecule has 2 aromatic carbocycles. The lowest BCUT2D eigenvalue weighted by Crippen LogP contribution is -2.60. The molecule has 58 heavy (non-hydrogen) atoms. The quantitative estimate of drug-likeness (QED) is 0.109. The minimum atomic E-state index is -2.83. The molecule has 3 N–H and O–H groups in total. The molecule has 4 aromatic rings. The van der Waals surface area contributed by atoms with Gasteiger partial charge in [-0.05, 0) is 112 Å². The van der Waals surface area contributed by atoms with Crippen LogP contribution in [-0.4, -0.2) is 82.7 Å². The second kappa shape index (κ2) is 18.3. The van der Waals surface area contributed by atoms with Crippen LogP contribution in [0, 0.1) is 5.41 Å². The van der Waals surface area contributed by atoms with E-state index in [2.05, 4.69) is 22.2 Å². The average Bonchev–Trinajstić information content (AvgIpc) is 3.50. The van der Waals surface area contributed by atoms with Crippen LogP contribution in [0.15, 0.2) is 54.7 Å². The number of methoxy groups -OCH3 is 2. The number of nitrogens with zero attached hydrogens (tertiary/aromatic N) is 3. The Morgan fingerprint density at radius 2 is 1.79 bits per heavy atom. The number of hydrogen-bond acceptors (Lipinski definition) is 9. The Kier molecular flexibility index (Phi) is 14.0. The molecule has 3 atom stereocenters. The van der Waals surface area contributed by atoms with Crippen LogP contribution in [-0.2, 0) is 43.2 Å². The summed E-state index contributed by atoms with van der Waals surface area (Å²) in [5, 5.41) is 15.3. The number of hydrogen-bond donors (Lipinski definition) is 3. The maximum atomic E-state index is 14.7. The summed E-state index contributed by atoms with van der Waals surface area (Å²) in [6, 6.07) is 12.3. The number of aryl methyl sites for hydroxylation is 1. The fourth-order valence-electron chi connectivity index (χ4n) is 7.47. The number of fused-ring (bicyclic) bond motifs is 1. The van der Waals surface area contributed by atoms with Crippen molar-refractivity contribution in [3.8, 4) is 22.4 Å². The number of pyridine rings is 1. The molecule has 1 aliphatic heterocycles. The van der Waals surface area contributed by atoms with Gasteiger partial charge in [-0.1, -0.05) is 32.0 Å². The van der Waals surface area contributed by atoms with Gasteiger partial charge in [-0.25, -0.2) is 19.0 Å². The highest BCUT2D eigenvalue weighted by Crippen LogP contribution is 2.42. The number of alkyl halides is 2. The number of amides is 2. The molecule has 314 valence electrons. The lowest BCUT2D eigenvalue weighted by atomic mass is 9.84. The summed E-state index contributed by atoms with van der Waals surface area (Å²) in [7, 11) is 2.90. The maximum Gasteiger partial charge on any atom is 0.408 e. The van der Waals surface area contributed by atoms with E-state index in [-0.39, 0.29) is 31.2 Å². The molecular formula is C44H57F2N5O7. The number of aromatic nitrogens is 2. The van der Waals surface area contributed by atoms with Crippen LogP contribution in [0.25, 0.3) is 33.3 Å². The minimum absolute atomic E-state index is 0.0629. The Morgan fingerprint density at radius 1 is 1.05 bits per heavy atom. The number of benzene rings is 2. The lowest BCUT2D eigenvalue weighted by Gasteiger charge is -2.35. The Balaban J connectivity index is 1.64. The predicted molar refractivity (Wildman–Crippen MR) is 218 cm³/mol.